The molecule has 1 saturated heterocycles. The summed E-state index contributed by atoms with van der Waals surface area (Å²) in [6.07, 6.45) is 6.43. The second-order valence-electron chi connectivity index (χ2n) is 9.40. The van der Waals surface area contributed by atoms with E-state index in [-0.39, 0.29) is 11.3 Å². The van der Waals surface area contributed by atoms with E-state index in [1.807, 2.05) is 0 Å². The molecule has 29 heavy (non-hydrogen) atoms. The average Bonchev–Trinajstić information content (AvgIpc) is 2.99. The number of benzene rings is 1. The molecule has 7 heteroatoms. The number of sulfonamides is 1. The summed E-state index contributed by atoms with van der Waals surface area (Å²) in [7, 11) is -3.52. The van der Waals surface area contributed by atoms with Crippen LogP contribution in [0, 0.1) is 0 Å². The first kappa shape index (κ1) is 20.8. The Bertz CT molecular complexity index is 883. The number of anilines is 1. The highest BCUT2D eigenvalue weighted by atomic mass is 32.2. The zero-order valence-corrected chi connectivity index (χ0v) is 18.7. The molecule has 6 nitrogen and oxygen atoms in total. The maximum Gasteiger partial charge on any atom is 0.243 e. The summed E-state index contributed by atoms with van der Waals surface area (Å²) in [5, 5.41) is 0. The summed E-state index contributed by atoms with van der Waals surface area (Å²) in [4.78, 5) is 16.6. The lowest BCUT2D eigenvalue weighted by molar-refractivity contribution is -0.116. The highest BCUT2D eigenvalue weighted by molar-refractivity contribution is 7.89. The van der Waals surface area contributed by atoms with E-state index in [2.05, 4.69) is 18.7 Å². The van der Waals surface area contributed by atoms with Crippen LogP contribution in [0.1, 0.15) is 58.4 Å². The van der Waals surface area contributed by atoms with Crippen LogP contribution in [0.4, 0.5) is 5.69 Å². The fourth-order valence-corrected chi connectivity index (χ4v) is 6.65. The predicted molar refractivity (Wildman–Crippen MR) is 115 cm³/mol. The predicted octanol–water partition coefficient (Wildman–Crippen LogP) is 2.97. The molecule has 0 N–H and O–H groups in total. The standard InChI is InChI=1S/C22H33N3O3S/c1-17(26)25-16-22(2,3)20-15-19(9-10-21(20)25)29(27,28)24-13-11-23(12-14-24)18-7-5-4-6-8-18/h9-10,15,18H,4-8,11-14,16H2,1-3H3. The van der Waals surface area contributed by atoms with Gasteiger partial charge in [-0.2, -0.15) is 4.31 Å². The first-order valence-electron chi connectivity index (χ1n) is 10.9. The minimum atomic E-state index is -3.52. The maximum absolute atomic E-state index is 13.3. The van der Waals surface area contributed by atoms with Crippen molar-refractivity contribution in [3.05, 3.63) is 23.8 Å². The van der Waals surface area contributed by atoms with Crippen molar-refractivity contribution in [1.29, 1.82) is 0 Å². The van der Waals surface area contributed by atoms with Gasteiger partial charge in [0.2, 0.25) is 15.9 Å². The lowest BCUT2D eigenvalue weighted by Gasteiger charge is -2.40. The van der Waals surface area contributed by atoms with E-state index >= 15 is 0 Å². The lowest BCUT2D eigenvalue weighted by Crippen LogP contribution is -2.52. The van der Waals surface area contributed by atoms with Crippen molar-refractivity contribution >= 4 is 21.6 Å². The van der Waals surface area contributed by atoms with Crippen molar-refractivity contribution in [2.75, 3.05) is 37.6 Å². The number of fused-ring (bicyclic) bond motifs is 1. The number of rotatable bonds is 3. The van der Waals surface area contributed by atoms with Gasteiger partial charge >= 0.3 is 0 Å². The summed E-state index contributed by atoms with van der Waals surface area (Å²) in [5.74, 6) is -0.00809. The van der Waals surface area contributed by atoms with Crippen LogP contribution in [0.3, 0.4) is 0 Å². The van der Waals surface area contributed by atoms with Crippen LogP contribution in [0.5, 0.6) is 0 Å². The van der Waals surface area contributed by atoms with E-state index < -0.39 is 10.0 Å². The Kier molecular flexibility index (Phi) is 5.51. The summed E-state index contributed by atoms with van der Waals surface area (Å²) in [6.45, 7) is 9.01. The average molecular weight is 420 g/mol. The molecule has 0 unspecified atom stereocenters. The van der Waals surface area contributed by atoms with Gasteiger partial charge in [-0.3, -0.25) is 9.69 Å². The third-order valence-electron chi connectivity index (χ3n) is 6.92. The molecule has 2 heterocycles. The first-order chi connectivity index (χ1) is 13.7. The zero-order valence-electron chi connectivity index (χ0n) is 17.9. The second kappa shape index (κ2) is 7.67. The van der Waals surface area contributed by atoms with E-state index in [4.69, 9.17) is 0 Å². The van der Waals surface area contributed by atoms with Crippen molar-refractivity contribution in [2.24, 2.45) is 0 Å². The van der Waals surface area contributed by atoms with E-state index in [0.29, 0.717) is 30.6 Å². The van der Waals surface area contributed by atoms with Crippen molar-refractivity contribution in [1.82, 2.24) is 9.21 Å². The lowest BCUT2D eigenvalue weighted by atomic mass is 9.87. The van der Waals surface area contributed by atoms with Gasteiger partial charge in [0.25, 0.3) is 0 Å². The molecule has 0 aromatic heterocycles. The topological polar surface area (TPSA) is 60.9 Å². The van der Waals surface area contributed by atoms with Crippen molar-refractivity contribution in [2.45, 2.75) is 69.2 Å². The largest absolute Gasteiger partial charge is 0.311 e. The summed E-state index contributed by atoms with van der Waals surface area (Å²) in [6, 6.07) is 5.89. The summed E-state index contributed by atoms with van der Waals surface area (Å²) >= 11 is 0. The van der Waals surface area contributed by atoms with Gasteiger partial charge in [-0.05, 0) is 36.6 Å². The Morgan fingerprint density at radius 1 is 1.03 bits per heavy atom. The van der Waals surface area contributed by atoms with Crippen molar-refractivity contribution in [3.63, 3.8) is 0 Å². The van der Waals surface area contributed by atoms with Gasteiger partial charge in [0.15, 0.2) is 0 Å². The first-order valence-corrected chi connectivity index (χ1v) is 12.3. The molecule has 0 atom stereocenters. The van der Waals surface area contributed by atoms with E-state index in [0.717, 1.165) is 24.3 Å². The van der Waals surface area contributed by atoms with Crippen LogP contribution >= 0.6 is 0 Å². The molecule has 1 aliphatic carbocycles. The van der Waals surface area contributed by atoms with Gasteiger partial charge in [-0.15, -0.1) is 0 Å². The molecular formula is C22H33N3O3S. The third kappa shape index (κ3) is 3.84. The molecule has 2 fully saturated rings. The van der Waals surface area contributed by atoms with Crippen LogP contribution in [0.2, 0.25) is 0 Å². The highest BCUT2D eigenvalue weighted by Crippen LogP contribution is 2.42. The normalized spacial score (nSPS) is 23.9. The van der Waals surface area contributed by atoms with Gasteiger partial charge in [-0.25, -0.2) is 8.42 Å². The smallest absolute Gasteiger partial charge is 0.243 e. The zero-order chi connectivity index (χ0) is 20.8. The molecule has 1 saturated carbocycles. The van der Waals surface area contributed by atoms with Gasteiger partial charge < -0.3 is 4.90 Å². The molecule has 4 rings (SSSR count). The van der Waals surface area contributed by atoms with Crippen molar-refractivity contribution in [3.8, 4) is 0 Å². The number of hydrogen-bond acceptors (Lipinski definition) is 4. The monoisotopic (exact) mass is 419 g/mol. The van der Waals surface area contributed by atoms with E-state index in [1.54, 1.807) is 34.3 Å². The van der Waals surface area contributed by atoms with Gasteiger partial charge in [0.05, 0.1) is 4.90 Å². The SMILES string of the molecule is CC(=O)N1CC(C)(C)c2cc(S(=O)(=O)N3CCN(C4CCCCC4)CC3)ccc21. The molecule has 1 aromatic rings. The van der Waals surface area contributed by atoms with Crippen LogP contribution in [-0.2, 0) is 20.2 Å². The Balaban J connectivity index is 1.52. The number of amides is 1. The highest BCUT2D eigenvalue weighted by Gasteiger charge is 2.39. The van der Waals surface area contributed by atoms with Crippen molar-refractivity contribution < 1.29 is 13.2 Å². The minimum Gasteiger partial charge on any atom is -0.311 e. The van der Waals surface area contributed by atoms with E-state index in [1.165, 1.54) is 32.1 Å². The number of carbonyl (C=O) groups is 1. The Labute approximate surface area is 174 Å². The Morgan fingerprint density at radius 3 is 2.31 bits per heavy atom. The molecule has 0 spiro atoms. The molecule has 2 aliphatic heterocycles. The van der Waals surface area contributed by atoms with Crippen LogP contribution < -0.4 is 4.90 Å². The fraction of sp³-hybridized carbons (Fsp3) is 0.682. The van der Waals surface area contributed by atoms with Gasteiger partial charge in [0.1, 0.15) is 0 Å². The van der Waals surface area contributed by atoms with E-state index in [9.17, 15) is 13.2 Å². The minimum absolute atomic E-state index is 0.00809. The quantitative estimate of drug-likeness (QED) is 0.756. The van der Waals surface area contributed by atoms with Crippen LogP contribution in [-0.4, -0.2) is 62.3 Å². The Hall–Kier alpha value is -1.44. The number of piperazine rings is 1. The van der Waals surface area contributed by atoms with Gasteiger partial charge in [-0.1, -0.05) is 33.1 Å². The third-order valence-corrected chi connectivity index (χ3v) is 8.82. The molecule has 0 bridgehead atoms. The molecule has 3 aliphatic rings. The molecular weight excluding hydrogens is 386 g/mol. The number of hydrogen-bond donors (Lipinski definition) is 0. The summed E-state index contributed by atoms with van der Waals surface area (Å²) < 4.78 is 28.3. The molecule has 1 amide bonds. The molecule has 1 aromatic carbocycles. The maximum atomic E-state index is 13.3. The van der Waals surface area contributed by atoms with Crippen LogP contribution in [0.15, 0.2) is 23.1 Å². The van der Waals surface area contributed by atoms with Crippen LogP contribution in [0.25, 0.3) is 0 Å². The Morgan fingerprint density at radius 2 is 1.69 bits per heavy atom. The van der Waals surface area contributed by atoms with Gasteiger partial charge in [0, 0.05) is 56.8 Å². The second-order valence-corrected chi connectivity index (χ2v) is 11.3. The summed E-state index contributed by atoms with van der Waals surface area (Å²) in [5.41, 5.74) is 1.52. The molecule has 160 valence electrons. The fourth-order valence-electron chi connectivity index (χ4n) is 5.20. The number of nitrogens with zero attached hydrogens (tertiary/aromatic N) is 3. The number of carbonyl (C=O) groups excluding carboxylic acids is 1. The molecule has 0 radical (unpaired) electrons.